The zero-order valence-corrected chi connectivity index (χ0v) is 11.1. The number of halogens is 1. The maximum atomic E-state index is 12.0. The summed E-state index contributed by atoms with van der Waals surface area (Å²) in [5.74, 6) is 1.04. The summed E-state index contributed by atoms with van der Waals surface area (Å²) in [6.07, 6.45) is 1.11. The molecule has 2 N–H and O–H groups in total. The molecule has 1 saturated heterocycles. The maximum Gasteiger partial charge on any atom is 0.252 e. The van der Waals surface area contributed by atoms with Gasteiger partial charge < -0.3 is 15.4 Å². The number of benzene rings is 1. The summed E-state index contributed by atoms with van der Waals surface area (Å²) >= 11 is 6.05. The van der Waals surface area contributed by atoms with Crippen LogP contribution in [0.25, 0.3) is 0 Å². The van der Waals surface area contributed by atoms with Crippen molar-refractivity contribution in [3.63, 3.8) is 0 Å². The van der Waals surface area contributed by atoms with E-state index in [2.05, 4.69) is 10.6 Å². The lowest BCUT2D eigenvalue weighted by Gasteiger charge is -2.11. The first-order chi connectivity index (χ1) is 8.70. The van der Waals surface area contributed by atoms with Crippen molar-refractivity contribution < 1.29 is 9.53 Å². The minimum Gasteiger partial charge on any atom is -0.497 e. The van der Waals surface area contributed by atoms with Gasteiger partial charge in [-0.05, 0) is 43.6 Å². The van der Waals surface area contributed by atoms with Gasteiger partial charge in [0, 0.05) is 6.54 Å². The molecule has 0 bridgehead atoms. The van der Waals surface area contributed by atoms with E-state index in [0.717, 1.165) is 19.5 Å². The van der Waals surface area contributed by atoms with Crippen molar-refractivity contribution in [1.29, 1.82) is 0 Å². The molecule has 0 spiro atoms. The van der Waals surface area contributed by atoms with Crippen LogP contribution in [0.3, 0.4) is 0 Å². The molecule has 0 radical (unpaired) electrons. The van der Waals surface area contributed by atoms with Gasteiger partial charge in [-0.3, -0.25) is 4.79 Å². The Morgan fingerprint density at radius 2 is 2.44 bits per heavy atom. The molecule has 1 aromatic carbocycles. The number of hydrogen-bond acceptors (Lipinski definition) is 3. The van der Waals surface area contributed by atoms with Gasteiger partial charge in [-0.1, -0.05) is 11.6 Å². The fraction of sp³-hybridized carbons (Fsp3) is 0.462. The second-order valence-electron chi connectivity index (χ2n) is 4.41. The van der Waals surface area contributed by atoms with Crippen molar-refractivity contribution in [2.24, 2.45) is 5.92 Å². The lowest BCUT2D eigenvalue weighted by Crippen LogP contribution is -2.30. The predicted octanol–water partition coefficient (Wildman–Crippen LogP) is 1.69. The van der Waals surface area contributed by atoms with Crippen molar-refractivity contribution in [3.8, 4) is 5.75 Å². The molecule has 1 aliphatic rings. The Morgan fingerprint density at radius 3 is 3.06 bits per heavy atom. The highest BCUT2D eigenvalue weighted by Gasteiger charge is 2.17. The van der Waals surface area contributed by atoms with Crippen LogP contribution >= 0.6 is 11.6 Å². The lowest BCUT2D eigenvalue weighted by atomic mass is 10.1. The van der Waals surface area contributed by atoms with E-state index in [4.69, 9.17) is 16.3 Å². The van der Waals surface area contributed by atoms with Crippen LogP contribution < -0.4 is 15.4 Å². The molecule has 1 atom stereocenters. The van der Waals surface area contributed by atoms with Gasteiger partial charge in [-0.15, -0.1) is 0 Å². The average molecular weight is 269 g/mol. The van der Waals surface area contributed by atoms with E-state index in [1.165, 1.54) is 0 Å². The van der Waals surface area contributed by atoms with E-state index in [0.29, 0.717) is 28.8 Å². The molecule has 1 aliphatic heterocycles. The largest absolute Gasteiger partial charge is 0.497 e. The molecule has 1 amide bonds. The van der Waals surface area contributed by atoms with E-state index >= 15 is 0 Å². The van der Waals surface area contributed by atoms with Crippen LogP contribution in [0.1, 0.15) is 16.8 Å². The molecular formula is C13H17ClN2O2. The highest BCUT2D eigenvalue weighted by molar-refractivity contribution is 6.34. The van der Waals surface area contributed by atoms with Gasteiger partial charge in [-0.25, -0.2) is 0 Å². The Balaban J connectivity index is 1.95. The zero-order valence-electron chi connectivity index (χ0n) is 10.3. The van der Waals surface area contributed by atoms with E-state index < -0.39 is 0 Å². The number of amides is 1. The van der Waals surface area contributed by atoms with Crippen molar-refractivity contribution in [2.45, 2.75) is 6.42 Å². The highest BCUT2D eigenvalue weighted by Crippen LogP contribution is 2.22. The molecule has 1 unspecified atom stereocenters. The first-order valence-corrected chi connectivity index (χ1v) is 6.41. The molecule has 18 heavy (non-hydrogen) atoms. The molecule has 1 fully saturated rings. The minimum absolute atomic E-state index is 0.130. The quantitative estimate of drug-likeness (QED) is 0.874. The SMILES string of the molecule is COc1ccc(C(=O)NCC2CCNC2)c(Cl)c1. The second-order valence-corrected chi connectivity index (χ2v) is 4.82. The number of carbonyl (C=O) groups is 1. The molecule has 0 saturated carbocycles. The number of rotatable bonds is 4. The highest BCUT2D eigenvalue weighted by atomic mass is 35.5. The molecule has 0 aromatic heterocycles. The second kappa shape index (κ2) is 6.07. The molecule has 4 nitrogen and oxygen atoms in total. The summed E-state index contributed by atoms with van der Waals surface area (Å²) in [6, 6.07) is 5.06. The predicted molar refractivity (Wildman–Crippen MR) is 71.3 cm³/mol. The van der Waals surface area contributed by atoms with Gasteiger partial charge in [0.1, 0.15) is 5.75 Å². The van der Waals surface area contributed by atoms with Gasteiger partial charge in [-0.2, -0.15) is 0 Å². The normalized spacial score (nSPS) is 18.7. The van der Waals surface area contributed by atoms with Crippen molar-refractivity contribution in [2.75, 3.05) is 26.7 Å². The topological polar surface area (TPSA) is 50.4 Å². The fourth-order valence-electron chi connectivity index (χ4n) is 2.03. The summed E-state index contributed by atoms with van der Waals surface area (Å²) < 4.78 is 5.05. The molecule has 1 heterocycles. The monoisotopic (exact) mass is 268 g/mol. The van der Waals surface area contributed by atoms with Crippen LogP contribution in [0.5, 0.6) is 5.75 Å². The van der Waals surface area contributed by atoms with E-state index in [9.17, 15) is 4.79 Å². The standard InChI is InChI=1S/C13H17ClN2O2/c1-18-10-2-3-11(12(14)6-10)13(17)16-8-9-4-5-15-7-9/h2-3,6,9,15H,4-5,7-8H2,1H3,(H,16,17). The summed E-state index contributed by atoms with van der Waals surface area (Å²) in [4.78, 5) is 12.0. The summed E-state index contributed by atoms with van der Waals surface area (Å²) in [6.45, 7) is 2.69. The summed E-state index contributed by atoms with van der Waals surface area (Å²) in [7, 11) is 1.57. The Bertz CT molecular complexity index is 431. The molecule has 98 valence electrons. The van der Waals surface area contributed by atoms with E-state index in [1.807, 2.05) is 0 Å². The maximum absolute atomic E-state index is 12.0. The third-order valence-corrected chi connectivity index (χ3v) is 3.45. The zero-order chi connectivity index (χ0) is 13.0. The number of ether oxygens (including phenoxy) is 1. The smallest absolute Gasteiger partial charge is 0.252 e. The van der Waals surface area contributed by atoms with Crippen LogP contribution in [0, 0.1) is 5.92 Å². The van der Waals surface area contributed by atoms with Crippen LogP contribution in [-0.2, 0) is 0 Å². The molecule has 2 rings (SSSR count). The number of methoxy groups -OCH3 is 1. The Morgan fingerprint density at radius 1 is 1.61 bits per heavy atom. The Kier molecular flexibility index (Phi) is 4.44. The fourth-order valence-corrected chi connectivity index (χ4v) is 2.28. The Labute approximate surface area is 112 Å². The van der Waals surface area contributed by atoms with Gasteiger partial charge in [0.05, 0.1) is 17.7 Å². The van der Waals surface area contributed by atoms with E-state index in [-0.39, 0.29) is 5.91 Å². The van der Waals surface area contributed by atoms with Crippen LogP contribution in [0.15, 0.2) is 18.2 Å². The van der Waals surface area contributed by atoms with Crippen molar-refractivity contribution in [1.82, 2.24) is 10.6 Å². The third kappa shape index (κ3) is 3.15. The Hall–Kier alpha value is -1.26. The summed E-state index contributed by atoms with van der Waals surface area (Å²) in [5, 5.41) is 6.60. The molecule has 5 heteroatoms. The first-order valence-electron chi connectivity index (χ1n) is 6.03. The van der Waals surface area contributed by atoms with Gasteiger partial charge in [0.2, 0.25) is 0 Å². The van der Waals surface area contributed by atoms with Gasteiger partial charge >= 0.3 is 0 Å². The molecular weight excluding hydrogens is 252 g/mol. The number of hydrogen-bond donors (Lipinski definition) is 2. The van der Waals surface area contributed by atoms with Gasteiger partial charge in [0.15, 0.2) is 0 Å². The van der Waals surface area contributed by atoms with Crippen molar-refractivity contribution >= 4 is 17.5 Å². The van der Waals surface area contributed by atoms with Gasteiger partial charge in [0.25, 0.3) is 5.91 Å². The van der Waals surface area contributed by atoms with Crippen LogP contribution in [-0.4, -0.2) is 32.7 Å². The third-order valence-electron chi connectivity index (χ3n) is 3.13. The minimum atomic E-state index is -0.130. The molecule has 0 aliphatic carbocycles. The van der Waals surface area contributed by atoms with Crippen LogP contribution in [0.4, 0.5) is 0 Å². The van der Waals surface area contributed by atoms with E-state index in [1.54, 1.807) is 25.3 Å². The number of carbonyl (C=O) groups excluding carboxylic acids is 1. The average Bonchev–Trinajstić information content (AvgIpc) is 2.88. The first kappa shape index (κ1) is 13.2. The number of nitrogens with one attached hydrogen (secondary N) is 2. The lowest BCUT2D eigenvalue weighted by molar-refractivity contribution is 0.0948. The van der Waals surface area contributed by atoms with Crippen LogP contribution in [0.2, 0.25) is 5.02 Å². The molecule has 1 aromatic rings. The summed E-state index contributed by atoms with van der Waals surface area (Å²) in [5.41, 5.74) is 0.489. The van der Waals surface area contributed by atoms with Crippen molar-refractivity contribution in [3.05, 3.63) is 28.8 Å².